The highest BCUT2D eigenvalue weighted by atomic mass is 15.3. The van der Waals surface area contributed by atoms with Gasteiger partial charge in [0, 0.05) is 56.0 Å². The number of nitrogens with zero attached hydrogens (tertiary/aromatic N) is 6. The molecule has 144 valence electrons. The number of nitrogens with one attached hydrogen (secondary N) is 1. The SMILES string of the molecule is CN1CCc2ncnc(NCC3CN(c4ccc(C(C)(C)C)nn4)C3)c2C1. The largest absolute Gasteiger partial charge is 0.369 e. The van der Waals surface area contributed by atoms with E-state index in [1.807, 2.05) is 0 Å². The minimum atomic E-state index is 0.0394. The van der Waals surface area contributed by atoms with Gasteiger partial charge in [-0.3, -0.25) is 0 Å². The van der Waals surface area contributed by atoms with E-state index in [1.165, 1.54) is 11.3 Å². The van der Waals surface area contributed by atoms with E-state index < -0.39 is 0 Å². The molecule has 0 unspecified atom stereocenters. The summed E-state index contributed by atoms with van der Waals surface area (Å²) in [6, 6.07) is 4.19. The molecule has 27 heavy (non-hydrogen) atoms. The first-order valence-electron chi connectivity index (χ1n) is 9.74. The van der Waals surface area contributed by atoms with E-state index in [0.717, 1.165) is 56.5 Å². The molecule has 0 saturated carbocycles. The number of likely N-dealkylation sites (N-methyl/N-ethyl adjacent to an activating group) is 1. The summed E-state index contributed by atoms with van der Waals surface area (Å²) in [5, 5.41) is 12.4. The minimum absolute atomic E-state index is 0.0394. The monoisotopic (exact) mass is 367 g/mol. The summed E-state index contributed by atoms with van der Waals surface area (Å²) in [6.07, 6.45) is 2.69. The van der Waals surface area contributed by atoms with E-state index >= 15 is 0 Å². The summed E-state index contributed by atoms with van der Waals surface area (Å²) in [5.74, 6) is 2.57. The number of fused-ring (bicyclic) bond motifs is 1. The van der Waals surface area contributed by atoms with E-state index in [4.69, 9.17) is 0 Å². The minimum Gasteiger partial charge on any atom is -0.369 e. The Balaban J connectivity index is 1.31. The van der Waals surface area contributed by atoms with Crippen LogP contribution in [0.1, 0.15) is 37.7 Å². The van der Waals surface area contributed by atoms with Crippen molar-refractivity contribution in [3.63, 3.8) is 0 Å². The van der Waals surface area contributed by atoms with E-state index in [1.54, 1.807) is 6.33 Å². The number of anilines is 2. The lowest BCUT2D eigenvalue weighted by molar-refractivity contribution is 0.309. The Labute approximate surface area is 161 Å². The Morgan fingerprint density at radius 1 is 1.15 bits per heavy atom. The van der Waals surface area contributed by atoms with Crippen molar-refractivity contribution in [2.24, 2.45) is 5.92 Å². The molecule has 2 aliphatic heterocycles. The van der Waals surface area contributed by atoms with E-state index in [0.29, 0.717) is 5.92 Å². The molecule has 0 atom stereocenters. The van der Waals surface area contributed by atoms with Crippen molar-refractivity contribution in [2.45, 2.75) is 39.2 Å². The predicted octanol–water partition coefficient (Wildman–Crippen LogP) is 2.10. The Kier molecular flexibility index (Phi) is 4.72. The van der Waals surface area contributed by atoms with Gasteiger partial charge >= 0.3 is 0 Å². The summed E-state index contributed by atoms with van der Waals surface area (Å²) in [6.45, 7) is 11.4. The summed E-state index contributed by atoms with van der Waals surface area (Å²) in [4.78, 5) is 13.5. The van der Waals surface area contributed by atoms with Gasteiger partial charge in [-0.15, -0.1) is 5.10 Å². The highest BCUT2D eigenvalue weighted by Crippen LogP contribution is 2.26. The van der Waals surface area contributed by atoms with Crippen LogP contribution in [-0.4, -0.2) is 58.3 Å². The van der Waals surface area contributed by atoms with Gasteiger partial charge in [0.1, 0.15) is 12.1 Å². The number of rotatable bonds is 4. The van der Waals surface area contributed by atoms with Crippen LogP contribution in [0.25, 0.3) is 0 Å². The maximum atomic E-state index is 4.48. The fourth-order valence-corrected chi connectivity index (χ4v) is 3.65. The fourth-order valence-electron chi connectivity index (χ4n) is 3.65. The zero-order valence-corrected chi connectivity index (χ0v) is 16.7. The summed E-state index contributed by atoms with van der Waals surface area (Å²) >= 11 is 0. The van der Waals surface area contributed by atoms with Gasteiger partial charge in [0.05, 0.1) is 11.4 Å². The summed E-state index contributed by atoms with van der Waals surface area (Å²) < 4.78 is 0. The third-order valence-electron chi connectivity index (χ3n) is 5.45. The first kappa shape index (κ1) is 18.1. The van der Waals surface area contributed by atoms with Gasteiger partial charge in [0.2, 0.25) is 0 Å². The molecule has 0 amide bonds. The second-order valence-corrected chi connectivity index (χ2v) is 8.81. The second kappa shape index (κ2) is 7.03. The van der Waals surface area contributed by atoms with Crippen LogP contribution in [0.4, 0.5) is 11.6 Å². The van der Waals surface area contributed by atoms with Crippen molar-refractivity contribution in [1.82, 2.24) is 25.1 Å². The fraction of sp³-hybridized carbons (Fsp3) is 0.600. The van der Waals surface area contributed by atoms with Crippen LogP contribution in [0.15, 0.2) is 18.5 Å². The Bertz CT molecular complexity index is 791. The standard InChI is InChI=1S/C20H29N7/c1-20(2,3)17-5-6-18(25-24-17)27-10-14(11-27)9-21-19-15-12-26(4)8-7-16(15)22-13-23-19/h5-6,13-14H,7-12H2,1-4H3,(H,21,22,23). The molecule has 0 spiro atoms. The molecule has 0 aromatic carbocycles. The topological polar surface area (TPSA) is 70.1 Å². The molecule has 0 bridgehead atoms. The molecule has 1 N–H and O–H groups in total. The van der Waals surface area contributed by atoms with Gasteiger partial charge in [0.15, 0.2) is 5.82 Å². The highest BCUT2D eigenvalue weighted by molar-refractivity contribution is 5.48. The normalized spacial score (nSPS) is 18.1. The van der Waals surface area contributed by atoms with Crippen molar-refractivity contribution in [3.05, 3.63) is 35.4 Å². The van der Waals surface area contributed by atoms with Crippen LogP contribution < -0.4 is 10.2 Å². The van der Waals surface area contributed by atoms with E-state index in [-0.39, 0.29) is 5.41 Å². The lowest BCUT2D eigenvalue weighted by Gasteiger charge is -2.40. The first-order chi connectivity index (χ1) is 12.9. The number of hydrogen-bond donors (Lipinski definition) is 1. The van der Waals surface area contributed by atoms with Crippen molar-refractivity contribution in [1.29, 1.82) is 0 Å². The quantitative estimate of drug-likeness (QED) is 0.887. The zero-order valence-electron chi connectivity index (χ0n) is 16.7. The Morgan fingerprint density at radius 3 is 2.67 bits per heavy atom. The smallest absolute Gasteiger partial charge is 0.151 e. The van der Waals surface area contributed by atoms with Gasteiger partial charge in [-0.25, -0.2) is 9.97 Å². The van der Waals surface area contributed by atoms with E-state index in [9.17, 15) is 0 Å². The van der Waals surface area contributed by atoms with Crippen LogP contribution in [0.2, 0.25) is 0 Å². The predicted molar refractivity (Wildman–Crippen MR) is 107 cm³/mol. The van der Waals surface area contributed by atoms with Gasteiger partial charge in [0.25, 0.3) is 0 Å². The molecule has 0 aliphatic carbocycles. The van der Waals surface area contributed by atoms with Crippen LogP contribution in [-0.2, 0) is 18.4 Å². The third-order valence-corrected chi connectivity index (χ3v) is 5.45. The van der Waals surface area contributed by atoms with Gasteiger partial charge in [-0.2, -0.15) is 5.10 Å². The zero-order chi connectivity index (χ0) is 19.0. The molecular formula is C20H29N7. The molecule has 2 aromatic rings. The Morgan fingerprint density at radius 2 is 1.96 bits per heavy atom. The number of aromatic nitrogens is 4. The second-order valence-electron chi connectivity index (χ2n) is 8.81. The van der Waals surface area contributed by atoms with Crippen LogP contribution >= 0.6 is 0 Å². The maximum absolute atomic E-state index is 4.48. The van der Waals surface area contributed by atoms with Gasteiger partial charge < -0.3 is 15.1 Å². The third kappa shape index (κ3) is 3.88. The van der Waals surface area contributed by atoms with E-state index in [2.05, 4.69) is 75.2 Å². The van der Waals surface area contributed by atoms with Crippen molar-refractivity contribution in [3.8, 4) is 0 Å². The maximum Gasteiger partial charge on any atom is 0.151 e. The van der Waals surface area contributed by atoms with Crippen molar-refractivity contribution >= 4 is 11.6 Å². The highest BCUT2D eigenvalue weighted by Gasteiger charge is 2.29. The molecule has 2 aromatic heterocycles. The van der Waals surface area contributed by atoms with Crippen LogP contribution in [0.3, 0.4) is 0 Å². The molecule has 4 rings (SSSR count). The average molecular weight is 368 g/mol. The average Bonchev–Trinajstić information content (AvgIpc) is 2.60. The number of hydrogen-bond acceptors (Lipinski definition) is 7. The molecular weight excluding hydrogens is 338 g/mol. The molecule has 1 saturated heterocycles. The molecule has 0 radical (unpaired) electrons. The molecule has 2 aliphatic rings. The molecule has 1 fully saturated rings. The van der Waals surface area contributed by atoms with Gasteiger partial charge in [-0.1, -0.05) is 20.8 Å². The van der Waals surface area contributed by atoms with Gasteiger partial charge in [-0.05, 0) is 19.2 Å². The Hall–Kier alpha value is -2.28. The molecule has 7 heteroatoms. The van der Waals surface area contributed by atoms with Crippen LogP contribution in [0.5, 0.6) is 0 Å². The molecule has 4 heterocycles. The lowest BCUT2D eigenvalue weighted by atomic mass is 9.92. The van der Waals surface area contributed by atoms with Crippen LogP contribution in [0, 0.1) is 5.92 Å². The van der Waals surface area contributed by atoms with Crippen molar-refractivity contribution < 1.29 is 0 Å². The summed E-state index contributed by atoms with van der Waals surface area (Å²) in [5.41, 5.74) is 3.52. The first-order valence-corrected chi connectivity index (χ1v) is 9.74. The molecule has 7 nitrogen and oxygen atoms in total. The summed E-state index contributed by atoms with van der Waals surface area (Å²) in [7, 11) is 2.15. The van der Waals surface area contributed by atoms with Crippen molar-refractivity contribution in [2.75, 3.05) is 43.4 Å². The lowest BCUT2D eigenvalue weighted by Crippen LogP contribution is -2.50.